The van der Waals surface area contributed by atoms with Crippen molar-refractivity contribution in [2.45, 2.75) is 45.7 Å². The molecule has 21 heavy (non-hydrogen) atoms. The standard InChI is InChI=1S/C12H23N5O3S/c1-3-13-8-11-6-4-5-7-17(11)21(18,19)14-9-12-15-10(2)16-20-12/h11,13-14H,3-9H2,1-2H3. The molecule has 1 saturated heterocycles. The molecule has 2 rings (SSSR count). The molecule has 0 radical (unpaired) electrons. The molecule has 2 heterocycles. The van der Waals surface area contributed by atoms with Gasteiger partial charge in [0, 0.05) is 19.1 Å². The number of aromatic nitrogens is 2. The maximum Gasteiger partial charge on any atom is 0.280 e. The Labute approximate surface area is 125 Å². The third-order valence-corrected chi connectivity index (χ3v) is 5.09. The van der Waals surface area contributed by atoms with E-state index in [1.165, 1.54) is 0 Å². The van der Waals surface area contributed by atoms with Crippen LogP contribution in [0.2, 0.25) is 0 Å². The average molecular weight is 317 g/mol. The number of nitrogens with one attached hydrogen (secondary N) is 2. The summed E-state index contributed by atoms with van der Waals surface area (Å²) in [6, 6.07) is 0.000575. The minimum absolute atomic E-state index is 0.000575. The normalized spacial score (nSPS) is 20.8. The minimum atomic E-state index is -3.54. The lowest BCUT2D eigenvalue weighted by atomic mass is 10.1. The molecule has 1 atom stereocenters. The number of hydrogen-bond acceptors (Lipinski definition) is 6. The second-order valence-electron chi connectivity index (χ2n) is 5.13. The third kappa shape index (κ3) is 4.47. The quantitative estimate of drug-likeness (QED) is 0.744. The zero-order valence-corrected chi connectivity index (χ0v) is 13.3. The Bertz CT molecular complexity index is 545. The highest BCUT2D eigenvalue weighted by Gasteiger charge is 2.31. The van der Waals surface area contributed by atoms with Gasteiger partial charge in [-0.3, -0.25) is 0 Å². The van der Waals surface area contributed by atoms with Crippen LogP contribution in [-0.4, -0.2) is 48.5 Å². The summed E-state index contributed by atoms with van der Waals surface area (Å²) in [5.41, 5.74) is 0. The van der Waals surface area contributed by atoms with Crippen molar-refractivity contribution in [2.24, 2.45) is 0 Å². The van der Waals surface area contributed by atoms with Crippen LogP contribution < -0.4 is 10.0 Å². The van der Waals surface area contributed by atoms with Crippen LogP contribution in [0.25, 0.3) is 0 Å². The fourth-order valence-corrected chi connectivity index (χ4v) is 3.87. The molecular weight excluding hydrogens is 294 g/mol. The molecule has 0 aromatic carbocycles. The lowest BCUT2D eigenvalue weighted by Crippen LogP contribution is -2.52. The average Bonchev–Trinajstić information content (AvgIpc) is 2.89. The van der Waals surface area contributed by atoms with Crippen LogP contribution in [-0.2, 0) is 16.8 Å². The Balaban J connectivity index is 1.98. The maximum atomic E-state index is 12.4. The summed E-state index contributed by atoms with van der Waals surface area (Å²) in [7, 11) is -3.54. The second-order valence-corrected chi connectivity index (χ2v) is 6.84. The van der Waals surface area contributed by atoms with Crippen LogP contribution in [0.4, 0.5) is 0 Å². The molecule has 1 aromatic rings. The van der Waals surface area contributed by atoms with Gasteiger partial charge in [-0.1, -0.05) is 18.5 Å². The van der Waals surface area contributed by atoms with Gasteiger partial charge in [0.25, 0.3) is 10.2 Å². The summed E-state index contributed by atoms with van der Waals surface area (Å²) in [6.45, 7) is 5.79. The molecule has 9 heteroatoms. The van der Waals surface area contributed by atoms with E-state index < -0.39 is 10.2 Å². The van der Waals surface area contributed by atoms with Crippen molar-refractivity contribution in [3.05, 3.63) is 11.7 Å². The van der Waals surface area contributed by atoms with Gasteiger partial charge in [-0.05, 0) is 26.3 Å². The van der Waals surface area contributed by atoms with Gasteiger partial charge >= 0.3 is 0 Å². The lowest BCUT2D eigenvalue weighted by Gasteiger charge is -2.34. The Hall–Kier alpha value is -1.03. The van der Waals surface area contributed by atoms with Gasteiger partial charge in [-0.15, -0.1) is 0 Å². The van der Waals surface area contributed by atoms with Crippen LogP contribution in [0, 0.1) is 6.92 Å². The Morgan fingerprint density at radius 3 is 2.90 bits per heavy atom. The molecule has 1 fully saturated rings. The van der Waals surface area contributed by atoms with Gasteiger partial charge in [-0.2, -0.15) is 22.4 Å². The molecule has 1 aromatic heterocycles. The van der Waals surface area contributed by atoms with E-state index in [2.05, 4.69) is 20.2 Å². The van der Waals surface area contributed by atoms with E-state index in [1.807, 2.05) is 6.92 Å². The zero-order chi connectivity index (χ0) is 15.3. The largest absolute Gasteiger partial charge is 0.338 e. The van der Waals surface area contributed by atoms with E-state index in [4.69, 9.17) is 4.52 Å². The molecule has 1 aliphatic rings. The molecule has 0 amide bonds. The fraction of sp³-hybridized carbons (Fsp3) is 0.833. The van der Waals surface area contributed by atoms with Crippen LogP contribution in [0.15, 0.2) is 4.52 Å². The van der Waals surface area contributed by atoms with Crippen molar-refractivity contribution < 1.29 is 12.9 Å². The van der Waals surface area contributed by atoms with E-state index in [0.29, 0.717) is 18.9 Å². The van der Waals surface area contributed by atoms with Gasteiger partial charge in [-0.25, -0.2) is 0 Å². The molecule has 0 aliphatic carbocycles. The first-order valence-electron chi connectivity index (χ1n) is 7.29. The summed E-state index contributed by atoms with van der Waals surface area (Å²) in [4.78, 5) is 3.99. The van der Waals surface area contributed by atoms with Crippen LogP contribution in [0.3, 0.4) is 0 Å². The van der Waals surface area contributed by atoms with E-state index in [9.17, 15) is 8.42 Å². The Morgan fingerprint density at radius 1 is 1.43 bits per heavy atom. The van der Waals surface area contributed by atoms with Gasteiger partial charge in [0.2, 0.25) is 5.89 Å². The summed E-state index contributed by atoms with van der Waals surface area (Å²) >= 11 is 0. The van der Waals surface area contributed by atoms with Crippen molar-refractivity contribution >= 4 is 10.2 Å². The molecule has 0 saturated carbocycles. The van der Waals surface area contributed by atoms with Gasteiger partial charge in [0.1, 0.15) is 0 Å². The zero-order valence-electron chi connectivity index (χ0n) is 12.5. The summed E-state index contributed by atoms with van der Waals surface area (Å²) in [5, 5.41) is 6.86. The summed E-state index contributed by atoms with van der Waals surface area (Å²) in [5.74, 6) is 0.767. The van der Waals surface area contributed by atoms with Crippen LogP contribution in [0.1, 0.15) is 37.9 Å². The molecule has 1 unspecified atom stereocenters. The van der Waals surface area contributed by atoms with Crippen molar-refractivity contribution in [1.29, 1.82) is 0 Å². The molecule has 2 N–H and O–H groups in total. The number of hydrogen-bond donors (Lipinski definition) is 2. The van der Waals surface area contributed by atoms with Gasteiger partial charge in [0.05, 0.1) is 6.54 Å². The number of rotatable bonds is 7. The highest BCUT2D eigenvalue weighted by atomic mass is 32.2. The lowest BCUT2D eigenvalue weighted by molar-refractivity contribution is 0.243. The number of nitrogens with zero attached hydrogens (tertiary/aromatic N) is 3. The predicted molar refractivity (Wildman–Crippen MR) is 77.7 cm³/mol. The van der Waals surface area contributed by atoms with Crippen LogP contribution in [0.5, 0.6) is 0 Å². The van der Waals surface area contributed by atoms with Crippen molar-refractivity contribution in [1.82, 2.24) is 24.5 Å². The number of aryl methyl sites for hydroxylation is 1. The van der Waals surface area contributed by atoms with E-state index in [1.54, 1.807) is 11.2 Å². The van der Waals surface area contributed by atoms with Crippen molar-refractivity contribution in [2.75, 3.05) is 19.6 Å². The Kier molecular flexibility index (Phi) is 5.68. The molecule has 0 spiro atoms. The SMILES string of the molecule is CCNCC1CCCCN1S(=O)(=O)NCc1nc(C)no1. The van der Waals surface area contributed by atoms with Crippen molar-refractivity contribution in [3.63, 3.8) is 0 Å². The third-order valence-electron chi connectivity index (χ3n) is 3.49. The first kappa shape index (κ1) is 16.3. The summed E-state index contributed by atoms with van der Waals surface area (Å²) < 4.78 is 33.9. The monoisotopic (exact) mass is 317 g/mol. The fourth-order valence-electron chi connectivity index (χ4n) is 2.45. The van der Waals surface area contributed by atoms with E-state index >= 15 is 0 Å². The maximum absolute atomic E-state index is 12.4. The van der Waals surface area contributed by atoms with Gasteiger partial charge in [0.15, 0.2) is 5.82 Å². The molecular formula is C12H23N5O3S. The molecule has 8 nitrogen and oxygen atoms in total. The molecule has 120 valence electrons. The highest BCUT2D eigenvalue weighted by Crippen LogP contribution is 2.19. The smallest absolute Gasteiger partial charge is 0.280 e. The Morgan fingerprint density at radius 2 is 2.24 bits per heavy atom. The first-order chi connectivity index (χ1) is 10.0. The second kappa shape index (κ2) is 7.30. The van der Waals surface area contributed by atoms with Crippen molar-refractivity contribution in [3.8, 4) is 0 Å². The van der Waals surface area contributed by atoms with Crippen LogP contribution >= 0.6 is 0 Å². The first-order valence-corrected chi connectivity index (χ1v) is 8.73. The molecule has 1 aliphatic heterocycles. The molecule has 0 bridgehead atoms. The predicted octanol–water partition coefficient (Wildman–Crippen LogP) is 0.176. The van der Waals surface area contributed by atoms with E-state index in [0.717, 1.165) is 25.8 Å². The topological polar surface area (TPSA) is 100 Å². The van der Waals surface area contributed by atoms with Gasteiger partial charge < -0.3 is 9.84 Å². The highest BCUT2D eigenvalue weighted by molar-refractivity contribution is 7.87. The minimum Gasteiger partial charge on any atom is -0.338 e. The number of likely N-dealkylation sites (N-methyl/N-ethyl adjacent to an activating group) is 1. The number of piperidine rings is 1. The summed E-state index contributed by atoms with van der Waals surface area (Å²) in [6.07, 6.45) is 2.84. The van der Waals surface area contributed by atoms with E-state index in [-0.39, 0.29) is 18.5 Å².